The first-order valence-corrected chi connectivity index (χ1v) is 11.6. The minimum absolute atomic E-state index is 0.138. The number of hydrogen-bond donors (Lipinski definition) is 1. The summed E-state index contributed by atoms with van der Waals surface area (Å²) in [7, 11) is -3.75. The zero-order chi connectivity index (χ0) is 18.9. The molecule has 3 heterocycles. The number of likely N-dealkylation sites (tertiary alicyclic amines) is 1. The van der Waals surface area contributed by atoms with Crippen molar-refractivity contribution in [3.63, 3.8) is 0 Å². The second-order valence-corrected chi connectivity index (χ2v) is 9.91. The molecular weight excluding hydrogens is 388 g/mol. The van der Waals surface area contributed by atoms with Gasteiger partial charge in [-0.3, -0.25) is 4.79 Å². The number of rotatable bonds is 6. The highest BCUT2D eigenvalue weighted by atomic mass is 32.2. The van der Waals surface area contributed by atoms with Crippen molar-refractivity contribution >= 4 is 27.3 Å². The van der Waals surface area contributed by atoms with Crippen molar-refractivity contribution in [3.05, 3.63) is 17.3 Å². The Morgan fingerprint density at radius 2 is 2.04 bits per heavy atom. The number of carbonyl (C=O) groups excluding carboxylic acids is 1. The molecule has 0 aromatic carbocycles. The maximum Gasteiger partial charge on any atom is 0.250 e. The molecule has 2 aliphatic rings. The molecule has 1 saturated carbocycles. The van der Waals surface area contributed by atoms with Gasteiger partial charge in [0.1, 0.15) is 4.21 Å². The van der Waals surface area contributed by atoms with Gasteiger partial charge in [-0.1, -0.05) is 11.6 Å². The molecule has 0 bridgehead atoms. The van der Waals surface area contributed by atoms with Crippen molar-refractivity contribution in [2.24, 2.45) is 0 Å². The van der Waals surface area contributed by atoms with Crippen molar-refractivity contribution in [2.45, 2.75) is 48.7 Å². The lowest BCUT2D eigenvalue weighted by Crippen LogP contribution is -2.42. The van der Waals surface area contributed by atoms with E-state index in [1.807, 2.05) is 0 Å². The van der Waals surface area contributed by atoms with E-state index in [0.717, 1.165) is 43.4 Å². The molecule has 8 nitrogen and oxygen atoms in total. The van der Waals surface area contributed by atoms with Gasteiger partial charge in [0.15, 0.2) is 0 Å². The van der Waals surface area contributed by atoms with Crippen LogP contribution in [0.2, 0.25) is 0 Å². The summed E-state index contributed by atoms with van der Waals surface area (Å²) in [5.41, 5.74) is 0.608. The fourth-order valence-corrected chi connectivity index (χ4v) is 5.41. The number of nitrogens with zero attached hydrogens (tertiary/aromatic N) is 3. The molecule has 2 aromatic rings. The van der Waals surface area contributed by atoms with Gasteiger partial charge in [0.2, 0.25) is 17.6 Å². The third-order valence-electron chi connectivity index (χ3n) is 5.12. The molecule has 1 saturated heterocycles. The summed E-state index contributed by atoms with van der Waals surface area (Å²) in [6, 6.07) is 1.52. The Labute approximate surface area is 162 Å². The molecular formula is C17H22N4O4S2. The fourth-order valence-electron chi connectivity index (χ4n) is 3.23. The SMILES string of the molecule is O=C(CNS(=O)(=O)c1cc(-c2noc(C3CCC3)n2)cs1)N1CCCCC1. The quantitative estimate of drug-likeness (QED) is 0.784. The van der Waals surface area contributed by atoms with Crippen LogP contribution in [0.15, 0.2) is 20.2 Å². The maximum atomic E-state index is 12.5. The molecule has 1 aliphatic carbocycles. The molecule has 0 spiro atoms. The largest absolute Gasteiger partial charge is 0.342 e. The molecule has 4 rings (SSSR count). The predicted octanol–water partition coefficient (Wildman–Crippen LogP) is 2.36. The first-order valence-electron chi connectivity index (χ1n) is 9.23. The zero-order valence-corrected chi connectivity index (χ0v) is 16.5. The highest BCUT2D eigenvalue weighted by Gasteiger charge is 2.27. The normalized spacial score (nSPS) is 18.4. The average molecular weight is 411 g/mol. The van der Waals surface area contributed by atoms with E-state index in [1.54, 1.807) is 10.3 Å². The first kappa shape index (κ1) is 18.6. The standard InChI is InChI=1S/C17H22N4O4S2/c22-14(21-7-2-1-3-8-21)10-18-27(23,24)15-9-13(11-26-15)16-19-17(25-20-16)12-5-4-6-12/h9,11-12,18H,1-8,10H2. The Kier molecular flexibility index (Phi) is 5.29. The lowest BCUT2D eigenvalue weighted by molar-refractivity contribution is -0.130. The van der Waals surface area contributed by atoms with E-state index in [2.05, 4.69) is 14.9 Å². The number of amides is 1. The molecule has 27 heavy (non-hydrogen) atoms. The van der Waals surface area contributed by atoms with Crippen molar-refractivity contribution < 1.29 is 17.7 Å². The summed E-state index contributed by atoms with van der Waals surface area (Å²) >= 11 is 1.08. The van der Waals surface area contributed by atoms with Gasteiger partial charge in [0.05, 0.1) is 6.54 Å². The Morgan fingerprint density at radius 1 is 1.26 bits per heavy atom. The van der Waals surface area contributed by atoms with E-state index < -0.39 is 10.0 Å². The van der Waals surface area contributed by atoms with Crippen molar-refractivity contribution in [1.29, 1.82) is 0 Å². The summed E-state index contributed by atoms with van der Waals surface area (Å²) in [5, 5.41) is 5.66. The van der Waals surface area contributed by atoms with Crippen LogP contribution in [0.5, 0.6) is 0 Å². The lowest BCUT2D eigenvalue weighted by Gasteiger charge is -2.26. The van der Waals surface area contributed by atoms with Crippen LogP contribution in [-0.2, 0) is 14.8 Å². The van der Waals surface area contributed by atoms with Crippen LogP contribution >= 0.6 is 11.3 Å². The van der Waals surface area contributed by atoms with Crippen molar-refractivity contribution in [2.75, 3.05) is 19.6 Å². The number of thiophene rings is 1. The molecule has 2 aromatic heterocycles. The summed E-state index contributed by atoms with van der Waals surface area (Å²) in [6.45, 7) is 1.18. The van der Waals surface area contributed by atoms with Gasteiger partial charge in [0.25, 0.3) is 10.0 Å². The van der Waals surface area contributed by atoms with E-state index in [1.165, 1.54) is 12.5 Å². The van der Waals surface area contributed by atoms with Gasteiger partial charge in [-0.05, 0) is 38.2 Å². The van der Waals surface area contributed by atoms with Gasteiger partial charge in [-0.15, -0.1) is 11.3 Å². The summed E-state index contributed by atoms with van der Waals surface area (Å²) in [6.07, 6.45) is 6.34. The predicted molar refractivity (Wildman–Crippen MR) is 99.8 cm³/mol. The van der Waals surface area contributed by atoms with E-state index >= 15 is 0 Å². The minimum atomic E-state index is -3.75. The van der Waals surface area contributed by atoms with Gasteiger partial charge in [-0.25, -0.2) is 13.1 Å². The Hall–Kier alpha value is -1.78. The highest BCUT2D eigenvalue weighted by Crippen LogP contribution is 2.36. The number of piperidine rings is 1. The van der Waals surface area contributed by atoms with Crippen LogP contribution in [0.1, 0.15) is 50.3 Å². The average Bonchev–Trinajstić information content (AvgIpc) is 3.29. The molecule has 0 unspecified atom stereocenters. The van der Waals surface area contributed by atoms with Crippen molar-refractivity contribution in [3.8, 4) is 11.4 Å². The number of hydrogen-bond acceptors (Lipinski definition) is 7. The van der Waals surface area contributed by atoms with Crippen LogP contribution in [0, 0.1) is 0 Å². The molecule has 0 radical (unpaired) electrons. The Morgan fingerprint density at radius 3 is 2.74 bits per heavy atom. The van der Waals surface area contributed by atoms with Gasteiger partial charge in [0, 0.05) is 30.0 Å². The molecule has 146 valence electrons. The summed E-state index contributed by atoms with van der Waals surface area (Å²) in [5.74, 6) is 1.17. The Bertz CT molecular complexity index is 911. The van der Waals surface area contributed by atoms with Gasteiger partial charge < -0.3 is 9.42 Å². The van der Waals surface area contributed by atoms with Crippen LogP contribution in [0.25, 0.3) is 11.4 Å². The molecule has 1 N–H and O–H groups in total. The summed E-state index contributed by atoms with van der Waals surface area (Å²) < 4.78 is 32.8. The van der Waals surface area contributed by atoms with Crippen molar-refractivity contribution in [1.82, 2.24) is 19.8 Å². The van der Waals surface area contributed by atoms with Crippen LogP contribution in [0.4, 0.5) is 0 Å². The number of aromatic nitrogens is 2. The number of carbonyl (C=O) groups is 1. The smallest absolute Gasteiger partial charge is 0.250 e. The lowest BCUT2D eigenvalue weighted by atomic mass is 9.85. The minimum Gasteiger partial charge on any atom is -0.342 e. The monoisotopic (exact) mass is 410 g/mol. The topological polar surface area (TPSA) is 105 Å². The van der Waals surface area contributed by atoms with E-state index in [9.17, 15) is 13.2 Å². The highest BCUT2D eigenvalue weighted by molar-refractivity contribution is 7.91. The van der Waals surface area contributed by atoms with E-state index in [-0.39, 0.29) is 16.7 Å². The van der Waals surface area contributed by atoms with Gasteiger partial charge in [-0.2, -0.15) is 4.98 Å². The molecule has 1 amide bonds. The van der Waals surface area contributed by atoms with Gasteiger partial charge >= 0.3 is 0 Å². The van der Waals surface area contributed by atoms with Crippen LogP contribution < -0.4 is 4.72 Å². The van der Waals surface area contributed by atoms with Crippen LogP contribution in [-0.4, -0.2) is 49.0 Å². The molecule has 2 fully saturated rings. The molecule has 0 atom stereocenters. The molecule has 1 aliphatic heterocycles. The number of nitrogens with one attached hydrogen (secondary N) is 1. The maximum absolute atomic E-state index is 12.5. The second kappa shape index (κ2) is 7.69. The van der Waals surface area contributed by atoms with E-state index in [0.29, 0.717) is 36.3 Å². The number of sulfonamides is 1. The fraction of sp³-hybridized carbons (Fsp3) is 0.588. The Balaban J connectivity index is 1.40. The summed E-state index contributed by atoms with van der Waals surface area (Å²) in [4.78, 5) is 18.3. The first-order chi connectivity index (χ1) is 13.0. The second-order valence-electron chi connectivity index (χ2n) is 7.00. The third-order valence-corrected chi connectivity index (χ3v) is 7.96. The zero-order valence-electron chi connectivity index (χ0n) is 14.9. The third kappa shape index (κ3) is 4.07. The van der Waals surface area contributed by atoms with Crippen LogP contribution in [0.3, 0.4) is 0 Å². The van der Waals surface area contributed by atoms with E-state index in [4.69, 9.17) is 4.52 Å². The molecule has 10 heteroatoms.